The zero-order chi connectivity index (χ0) is 25.6. The van der Waals surface area contributed by atoms with E-state index >= 15 is 0 Å². The zero-order valence-electron chi connectivity index (χ0n) is 20.5. The minimum atomic E-state index is -1.02. The Hall–Kier alpha value is -4.17. The first-order valence-corrected chi connectivity index (χ1v) is 11.7. The number of aryl methyl sites for hydroxylation is 2. The number of nitrogens with one attached hydrogen (secondary N) is 1. The molecule has 3 amide bonds. The quantitative estimate of drug-likeness (QED) is 0.556. The van der Waals surface area contributed by atoms with Gasteiger partial charge in [0.2, 0.25) is 5.91 Å². The second kappa shape index (κ2) is 9.13. The minimum Gasteiger partial charge on any atom is -0.497 e. The molecule has 0 bridgehead atoms. The Kier molecular flexibility index (Phi) is 5.97. The van der Waals surface area contributed by atoms with E-state index in [2.05, 4.69) is 5.43 Å². The first-order valence-electron chi connectivity index (χ1n) is 11.7. The molecule has 2 saturated heterocycles. The third-order valence-corrected chi connectivity index (χ3v) is 6.82. The average Bonchev–Trinajstić information content (AvgIpc) is 3.40. The topological polar surface area (TPSA) is 88.2 Å². The number of hydrogen-bond acceptors (Lipinski definition) is 6. The Morgan fingerprint density at radius 3 is 2.08 bits per heavy atom. The fourth-order valence-electron chi connectivity index (χ4n) is 4.90. The van der Waals surface area contributed by atoms with Crippen molar-refractivity contribution in [2.45, 2.75) is 25.9 Å². The molecule has 2 aliphatic rings. The summed E-state index contributed by atoms with van der Waals surface area (Å²) in [6.45, 7) is 3.87. The second-order valence-electron chi connectivity index (χ2n) is 9.07. The lowest BCUT2D eigenvalue weighted by molar-refractivity contribution is -0.123. The van der Waals surface area contributed by atoms with Gasteiger partial charge in [0.05, 0.1) is 31.9 Å². The third kappa shape index (κ3) is 3.79. The van der Waals surface area contributed by atoms with Gasteiger partial charge in [0.25, 0.3) is 11.8 Å². The molecule has 0 spiro atoms. The maximum atomic E-state index is 13.8. The van der Waals surface area contributed by atoms with Gasteiger partial charge in [-0.25, -0.2) is 10.3 Å². The highest BCUT2D eigenvalue weighted by molar-refractivity contribution is 6.25. The molecule has 0 aliphatic carbocycles. The number of carbonyl (C=O) groups excluding carboxylic acids is 3. The highest BCUT2D eigenvalue weighted by atomic mass is 16.5. The maximum Gasteiger partial charge on any atom is 0.268 e. The van der Waals surface area contributed by atoms with E-state index in [-0.39, 0.29) is 11.8 Å². The van der Waals surface area contributed by atoms with Crippen LogP contribution in [0, 0.1) is 19.8 Å². The molecule has 184 valence electrons. The van der Waals surface area contributed by atoms with E-state index in [4.69, 9.17) is 9.47 Å². The number of rotatable bonds is 5. The number of hydrazine groups is 1. The molecular formula is C28H27N3O5. The SMILES string of the molecule is COc1ccc(OC)c([C@@H]2NN(C(=O)c3ccc(C)cc3)[C@H]3C(=O)N(c4ccc(C)cc4)C(=O)[C@@H]23)c1. The van der Waals surface area contributed by atoms with Gasteiger partial charge in [-0.2, -0.15) is 0 Å². The lowest BCUT2D eigenvalue weighted by Gasteiger charge is -2.26. The van der Waals surface area contributed by atoms with Gasteiger partial charge in [-0.3, -0.25) is 19.4 Å². The van der Waals surface area contributed by atoms with E-state index in [0.717, 1.165) is 11.1 Å². The molecule has 36 heavy (non-hydrogen) atoms. The van der Waals surface area contributed by atoms with Gasteiger partial charge in [0.15, 0.2) is 0 Å². The first-order chi connectivity index (χ1) is 17.3. The number of ether oxygens (including phenoxy) is 2. The third-order valence-electron chi connectivity index (χ3n) is 6.82. The average molecular weight is 486 g/mol. The molecule has 0 saturated carbocycles. The second-order valence-corrected chi connectivity index (χ2v) is 9.07. The van der Waals surface area contributed by atoms with Gasteiger partial charge in [0.1, 0.15) is 17.5 Å². The van der Waals surface area contributed by atoms with E-state index in [1.807, 2.05) is 38.1 Å². The smallest absolute Gasteiger partial charge is 0.268 e. The number of amides is 3. The van der Waals surface area contributed by atoms with Crippen molar-refractivity contribution in [3.8, 4) is 11.5 Å². The maximum absolute atomic E-state index is 13.8. The van der Waals surface area contributed by atoms with Crippen molar-refractivity contribution in [2.75, 3.05) is 19.1 Å². The Balaban J connectivity index is 1.62. The molecule has 2 heterocycles. The first kappa shape index (κ1) is 23.6. The molecule has 0 unspecified atom stereocenters. The number of nitrogens with zero attached hydrogens (tertiary/aromatic N) is 2. The van der Waals surface area contributed by atoms with Crippen LogP contribution in [0.15, 0.2) is 66.7 Å². The number of anilines is 1. The standard InChI is InChI=1S/C28H27N3O5/c1-16-5-9-18(10-6-16)26(32)31-25-23(24(29-31)21-15-20(35-3)13-14-22(21)36-4)27(33)30(28(25)34)19-11-7-17(2)8-12-19/h5-15,23-25,29H,1-4H3/t23-,24-,25+/m0/s1. The summed E-state index contributed by atoms with van der Waals surface area (Å²) in [6.07, 6.45) is 0. The summed E-state index contributed by atoms with van der Waals surface area (Å²) in [4.78, 5) is 42.4. The van der Waals surface area contributed by atoms with Crippen LogP contribution in [0.1, 0.15) is 33.1 Å². The number of imide groups is 1. The van der Waals surface area contributed by atoms with Crippen molar-refractivity contribution in [3.63, 3.8) is 0 Å². The summed E-state index contributed by atoms with van der Waals surface area (Å²) in [5, 5.41) is 1.30. The Morgan fingerprint density at radius 1 is 0.833 bits per heavy atom. The van der Waals surface area contributed by atoms with E-state index in [0.29, 0.717) is 28.3 Å². The lowest BCUT2D eigenvalue weighted by Crippen LogP contribution is -2.48. The number of carbonyl (C=O) groups is 3. The van der Waals surface area contributed by atoms with Crippen LogP contribution in [-0.2, 0) is 9.59 Å². The van der Waals surface area contributed by atoms with E-state index in [1.54, 1.807) is 49.6 Å². The largest absolute Gasteiger partial charge is 0.497 e. The molecule has 0 aromatic heterocycles. The number of benzene rings is 3. The molecule has 5 rings (SSSR count). The fraction of sp³-hybridized carbons (Fsp3) is 0.250. The summed E-state index contributed by atoms with van der Waals surface area (Å²) >= 11 is 0. The summed E-state index contributed by atoms with van der Waals surface area (Å²) in [6, 6.07) is 17.8. The van der Waals surface area contributed by atoms with Crippen LogP contribution < -0.4 is 19.8 Å². The Morgan fingerprint density at radius 2 is 1.47 bits per heavy atom. The van der Waals surface area contributed by atoms with Crippen LogP contribution >= 0.6 is 0 Å². The monoisotopic (exact) mass is 485 g/mol. The van der Waals surface area contributed by atoms with E-state index < -0.39 is 23.9 Å². The summed E-state index contributed by atoms with van der Waals surface area (Å²) in [5.74, 6) is -0.984. The van der Waals surface area contributed by atoms with Gasteiger partial charge < -0.3 is 9.47 Å². The van der Waals surface area contributed by atoms with Crippen molar-refractivity contribution in [1.29, 1.82) is 0 Å². The van der Waals surface area contributed by atoms with E-state index in [1.165, 1.54) is 17.0 Å². The van der Waals surface area contributed by atoms with Crippen LogP contribution in [0.3, 0.4) is 0 Å². The fourth-order valence-corrected chi connectivity index (χ4v) is 4.90. The molecule has 8 nitrogen and oxygen atoms in total. The highest BCUT2D eigenvalue weighted by Crippen LogP contribution is 2.45. The van der Waals surface area contributed by atoms with Crippen LogP contribution in [0.2, 0.25) is 0 Å². The highest BCUT2D eigenvalue weighted by Gasteiger charge is 2.60. The van der Waals surface area contributed by atoms with Crippen molar-refractivity contribution >= 4 is 23.4 Å². The summed E-state index contributed by atoms with van der Waals surface area (Å²) < 4.78 is 11.0. The van der Waals surface area contributed by atoms with Crippen LogP contribution in [-0.4, -0.2) is 43.0 Å². The predicted octanol–water partition coefficient (Wildman–Crippen LogP) is 3.58. The van der Waals surface area contributed by atoms with E-state index in [9.17, 15) is 14.4 Å². The number of hydrogen-bond donors (Lipinski definition) is 1. The van der Waals surface area contributed by atoms with Gasteiger partial charge in [-0.1, -0.05) is 35.4 Å². The predicted molar refractivity (Wildman–Crippen MR) is 134 cm³/mol. The van der Waals surface area contributed by atoms with Gasteiger partial charge in [-0.15, -0.1) is 0 Å². The lowest BCUT2D eigenvalue weighted by atomic mass is 9.90. The Bertz CT molecular complexity index is 1340. The summed E-state index contributed by atoms with van der Waals surface area (Å²) in [5.41, 5.74) is 6.70. The van der Waals surface area contributed by atoms with Crippen molar-refractivity contribution in [3.05, 3.63) is 89.0 Å². The van der Waals surface area contributed by atoms with Crippen LogP contribution in [0.25, 0.3) is 0 Å². The molecule has 2 aliphatic heterocycles. The molecule has 8 heteroatoms. The van der Waals surface area contributed by atoms with Crippen molar-refractivity contribution < 1.29 is 23.9 Å². The zero-order valence-corrected chi connectivity index (χ0v) is 20.5. The molecule has 2 fully saturated rings. The van der Waals surface area contributed by atoms with Gasteiger partial charge in [-0.05, 0) is 56.3 Å². The van der Waals surface area contributed by atoms with Crippen LogP contribution in [0.4, 0.5) is 5.69 Å². The summed E-state index contributed by atoms with van der Waals surface area (Å²) in [7, 11) is 3.08. The molecule has 1 N–H and O–H groups in total. The number of fused-ring (bicyclic) bond motifs is 1. The van der Waals surface area contributed by atoms with Gasteiger partial charge in [0, 0.05) is 11.1 Å². The molecule has 0 radical (unpaired) electrons. The number of methoxy groups -OCH3 is 2. The Labute approximate surface area is 209 Å². The normalized spacial score (nSPS) is 21.1. The van der Waals surface area contributed by atoms with Crippen molar-refractivity contribution in [1.82, 2.24) is 10.4 Å². The van der Waals surface area contributed by atoms with Crippen LogP contribution in [0.5, 0.6) is 11.5 Å². The molecule has 3 aromatic rings. The van der Waals surface area contributed by atoms with Gasteiger partial charge >= 0.3 is 0 Å². The minimum absolute atomic E-state index is 0.379. The molecule has 3 atom stereocenters. The van der Waals surface area contributed by atoms with Crippen molar-refractivity contribution in [2.24, 2.45) is 5.92 Å². The molecule has 3 aromatic carbocycles. The molecular weight excluding hydrogens is 458 g/mol.